The van der Waals surface area contributed by atoms with Gasteiger partial charge in [0.2, 0.25) is 0 Å². The summed E-state index contributed by atoms with van der Waals surface area (Å²) >= 11 is 0. The Morgan fingerprint density at radius 2 is 2.05 bits per heavy atom. The molecule has 1 saturated heterocycles. The van der Waals surface area contributed by atoms with E-state index >= 15 is 0 Å². The molecule has 4 heteroatoms. The maximum atomic E-state index is 11.7. The van der Waals surface area contributed by atoms with E-state index in [-0.39, 0.29) is 0 Å². The van der Waals surface area contributed by atoms with Crippen LogP contribution in [0, 0.1) is 5.41 Å². The van der Waals surface area contributed by atoms with E-state index in [1.807, 2.05) is 0 Å². The van der Waals surface area contributed by atoms with E-state index in [0.717, 1.165) is 64.6 Å². The average Bonchev–Trinajstić information content (AvgIpc) is 2.46. The van der Waals surface area contributed by atoms with Gasteiger partial charge in [-0.2, -0.15) is 0 Å². The second-order valence-electron chi connectivity index (χ2n) is 6.52. The zero-order valence-electron chi connectivity index (χ0n) is 12.8. The lowest BCUT2D eigenvalue weighted by Crippen LogP contribution is -2.49. The van der Waals surface area contributed by atoms with Gasteiger partial charge in [0.05, 0.1) is 11.5 Å². The molecule has 1 unspecified atom stereocenters. The lowest BCUT2D eigenvalue weighted by atomic mass is 9.73. The van der Waals surface area contributed by atoms with Crippen LogP contribution < -0.4 is 0 Å². The van der Waals surface area contributed by atoms with E-state index < -0.39 is 11.4 Å². The van der Waals surface area contributed by atoms with Crippen molar-refractivity contribution in [3.63, 3.8) is 0 Å². The van der Waals surface area contributed by atoms with Gasteiger partial charge in [0.15, 0.2) is 0 Å². The molecule has 0 aromatic heterocycles. The third kappa shape index (κ3) is 3.95. The van der Waals surface area contributed by atoms with Crippen molar-refractivity contribution in [1.82, 2.24) is 4.90 Å². The van der Waals surface area contributed by atoms with Crippen LogP contribution in [0.2, 0.25) is 0 Å². The number of carbonyl (C=O) groups is 1. The van der Waals surface area contributed by atoms with Crippen molar-refractivity contribution >= 4 is 5.97 Å². The monoisotopic (exact) mass is 283 g/mol. The SMILES string of the molecule is CCCOC1CCCN(CC2(C(=O)O)CCCCC2)C1. The smallest absolute Gasteiger partial charge is 0.310 e. The summed E-state index contributed by atoms with van der Waals surface area (Å²) < 4.78 is 5.86. The van der Waals surface area contributed by atoms with Gasteiger partial charge in [-0.1, -0.05) is 26.2 Å². The summed E-state index contributed by atoms with van der Waals surface area (Å²) in [6.45, 7) is 5.61. The molecule has 1 aliphatic heterocycles. The minimum atomic E-state index is -0.589. The highest BCUT2D eigenvalue weighted by molar-refractivity contribution is 5.75. The van der Waals surface area contributed by atoms with Crippen molar-refractivity contribution in [2.45, 2.75) is 64.4 Å². The molecule has 1 aliphatic carbocycles. The number of likely N-dealkylation sites (tertiary alicyclic amines) is 1. The van der Waals surface area contributed by atoms with Crippen LogP contribution >= 0.6 is 0 Å². The summed E-state index contributed by atoms with van der Waals surface area (Å²) in [6, 6.07) is 0. The predicted octanol–water partition coefficient (Wildman–Crippen LogP) is 2.91. The molecule has 0 aromatic carbocycles. The van der Waals surface area contributed by atoms with Gasteiger partial charge in [-0.05, 0) is 38.6 Å². The van der Waals surface area contributed by atoms with E-state index in [0.29, 0.717) is 12.6 Å². The van der Waals surface area contributed by atoms with Crippen molar-refractivity contribution < 1.29 is 14.6 Å². The Bertz CT molecular complexity index is 313. The number of nitrogens with zero attached hydrogens (tertiary/aromatic N) is 1. The summed E-state index contributed by atoms with van der Waals surface area (Å²) in [5, 5.41) is 9.67. The highest BCUT2D eigenvalue weighted by Gasteiger charge is 2.41. The van der Waals surface area contributed by atoms with Gasteiger partial charge in [0.25, 0.3) is 0 Å². The molecule has 1 N–H and O–H groups in total. The van der Waals surface area contributed by atoms with Crippen molar-refractivity contribution in [2.75, 3.05) is 26.2 Å². The third-order valence-electron chi connectivity index (χ3n) is 4.81. The molecule has 2 rings (SSSR count). The Balaban J connectivity index is 1.91. The molecule has 0 radical (unpaired) electrons. The number of ether oxygens (including phenoxy) is 1. The van der Waals surface area contributed by atoms with Crippen LogP contribution in [0.1, 0.15) is 58.3 Å². The van der Waals surface area contributed by atoms with Gasteiger partial charge in [-0.15, -0.1) is 0 Å². The van der Waals surface area contributed by atoms with Gasteiger partial charge in [0, 0.05) is 19.7 Å². The maximum absolute atomic E-state index is 11.7. The number of carboxylic acids is 1. The number of piperidine rings is 1. The molecule has 1 saturated carbocycles. The molecule has 1 atom stereocenters. The van der Waals surface area contributed by atoms with Crippen LogP contribution in [0.5, 0.6) is 0 Å². The van der Waals surface area contributed by atoms with Gasteiger partial charge < -0.3 is 9.84 Å². The first kappa shape index (κ1) is 15.8. The van der Waals surface area contributed by atoms with Crippen molar-refractivity contribution in [2.24, 2.45) is 5.41 Å². The van der Waals surface area contributed by atoms with E-state index in [1.54, 1.807) is 0 Å². The first-order valence-electron chi connectivity index (χ1n) is 8.24. The van der Waals surface area contributed by atoms with E-state index in [9.17, 15) is 9.90 Å². The molecule has 20 heavy (non-hydrogen) atoms. The zero-order chi connectivity index (χ0) is 14.4. The van der Waals surface area contributed by atoms with Crippen molar-refractivity contribution in [3.05, 3.63) is 0 Å². The molecule has 0 bridgehead atoms. The largest absolute Gasteiger partial charge is 0.481 e. The topological polar surface area (TPSA) is 49.8 Å². The molecular weight excluding hydrogens is 254 g/mol. The fourth-order valence-electron chi connectivity index (χ4n) is 3.67. The van der Waals surface area contributed by atoms with Crippen LogP contribution in [-0.2, 0) is 9.53 Å². The minimum absolute atomic E-state index is 0.304. The highest BCUT2D eigenvalue weighted by Crippen LogP contribution is 2.38. The molecule has 0 amide bonds. The van der Waals surface area contributed by atoms with Crippen molar-refractivity contribution in [1.29, 1.82) is 0 Å². The van der Waals surface area contributed by atoms with E-state index in [4.69, 9.17) is 4.74 Å². The normalized spacial score (nSPS) is 27.4. The van der Waals surface area contributed by atoms with Crippen LogP contribution in [0.25, 0.3) is 0 Å². The van der Waals surface area contributed by atoms with Gasteiger partial charge in [-0.25, -0.2) is 0 Å². The van der Waals surface area contributed by atoms with Crippen LogP contribution in [0.15, 0.2) is 0 Å². The first-order chi connectivity index (χ1) is 9.66. The van der Waals surface area contributed by atoms with Crippen LogP contribution in [0.4, 0.5) is 0 Å². The summed E-state index contributed by atoms with van der Waals surface area (Å²) in [4.78, 5) is 14.1. The van der Waals surface area contributed by atoms with Gasteiger partial charge in [0.1, 0.15) is 0 Å². The van der Waals surface area contributed by atoms with Gasteiger partial charge >= 0.3 is 5.97 Å². The number of hydrogen-bond acceptors (Lipinski definition) is 3. The highest BCUT2D eigenvalue weighted by atomic mass is 16.5. The predicted molar refractivity (Wildman–Crippen MR) is 78.9 cm³/mol. The fraction of sp³-hybridized carbons (Fsp3) is 0.938. The summed E-state index contributed by atoms with van der Waals surface area (Å²) in [7, 11) is 0. The number of rotatable bonds is 6. The lowest BCUT2D eigenvalue weighted by Gasteiger charge is -2.40. The van der Waals surface area contributed by atoms with Crippen LogP contribution in [0.3, 0.4) is 0 Å². The Labute approximate surface area is 122 Å². The Hall–Kier alpha value is -0.610. The second-order valence-corrected chi connectivity index (χ2v) is 6.52. The number of aliphatic carboxylic acids is 1. The summed E-state index contributed by atoms with van der Waals surface area (Å²) in [5.74, 6) is -0.589. The number of hydrogen-bond donors (Lipinski definition) is 1. The number of carboxylic acid groups (broad SMARTS) is 1. The third-order valence-corrected chi connectivity index (χ3v) is 4.81. The fourth-order valence-corrected chi connectivity index (χ4v) is 3.67. The zero-order valence-corrected chi connectivity index (χ0v) is 12.8. The van der Waals surface area contributed by atoms with Crippen LogP contribution in [-0.4, -0.2) is 48.3 Å². The molecule has 4 nitrogen and oxygen atoms in total. The standard InChI is InChI=1S/C16H29NO3/c1-2-11-20-14-7-6-10-17(12-14)13-16(15(18)19)8-4-3-5-9-16/h14H,2-13H2,1H3,(H,18,19). The van der Waals surface area contributed by atoms with Crippen molar-refractivity contribution in [3.8, 4) is 0 Å². The molecule has 1 heterocycles. The molecule has 2 fully saturated rings. The lowest BCUT2D eigenvalue weighted by molar-refractivity contribution is -0.153. The maximum Gasteiger partial charge on any atom is 0.310 e. The molecule has 116 valence electrons. The quantitative estimate of drug-likeness (QED) is 0.814. The van der Waals surface area contributed by atoms with E-state index in [2.05, 4.69) is 11.8 Å². The Morgan fingerprint density at radius 3 is 2.70 bits per heavy atom. The van der Waals surface area contributed by atoms with Gasteiger partial charge in [-0.3, -0.25) is 9.69 Å². The van der Waals surface area contributed by atoms with E-state index in [1.165, 1.54) is 6.42 Å². The second kappa shape index (κ2) is 7.41. The summed E-state index contributed by atoms with van der Waals surface area (Å²) in [5.41, 5.74) is -0.495. The molecule has 0 spiro atoms. The average molecular weight is 283 g/mol. The molecule has 0 aromatic rings. The molecular formula is C16H29NO3. The Morgan fingerprint density at radius 1 is 1.30 bits per heavy atom. The summed E-state index contributed by atoms with van der Waals surface area (Å²) in [6.07, 6.45) is 8.62. The molecule has 2 aliphatic rings. The Kier molecular flexibility index (Phi) is 5.85. The minimum Gasteiger partial charge on any atom is -0.481 e. The first-order valence-corrected chi connectivity index (χ1v) is 8.24.